The number of fused-ring (bicyclic) bond motifs is 3. The highest BCUT2D eigenvalue weighted by atomic mass is 16.2. The maximum Gasteiger partial charge on any atom is 0.253 e. The van der Waals surface area contributed by atoms with E-state index in [0.29, 0.717) is 23.2 Å². The zero-order valence-electron chi connectivity index (χ0n) is 19.1. The first kappa shape index (κ1) is 22.0. The average molecular weight is 434 g/mol. The number of aryl methyl sites for hydroxylation is 3. The summed E-state index contributed by atoms with van der Waals surface area (Å²) in [4.78, 5) is 35.0. The predicted molar refractivity (Wildman–Crippen MR) is 125 cm³/mol. The van der Waals surface area contributed by atoms with Crippen molar-refractivity contribution in [1.82, 2.24) is 25.2 Å². The molecular weight excluding hydrogens is 402 g/mol. The van der Waals surface area contributed by atoms with Crippen LogP contribution in [0.1, 0.15) is 77.3 Å². The maximum absolute atomic E-state index is 13.1. The van der Waals surface area contributed by atoms with Crippen LogP contribution in [0, 0.1) is 6.92 Å². The molecule has 7 nitrogen and oxygen atoms in total. The number of nitrogens with zero attached hydrogens (tertiary/aromatic N) is 3. The highest BCUT2D eigenvalue weighted by Gasteiger charge is 2.21. The fourth-order valence-corrected chi connectivity index (χ4v) is 4.10. The molecule has 0 aliphatic carbocycles. The van der Waals surface area contributed by atoms with Gasteiger partial charge >= 0.3 is 0 Å². The zero-order chi connectivity index (χ0) is 22.7. The van der Waals surface area contributed by atoms with Crippen LogP contribution in [-0.2, 0) is 19.5 Å². The van der Waals surface area contributed by atoms with Gasteiger partial charge in [0.05, 0.1) is 5.56 Å². The summed E-state index contributed by atoms with van der Waals surface area (Å²) in [5.41, 5.74) is 4.30. The summed E-state index contributed by atoms with van der Waals surface area (Å²) in [5, 5.41) is 5.97. The zero-order valence-corrected chi connectivity index (χ0v) is 19.1. The van der Waals surface area contributed by atoms with E-state index in [-0.39, 0.29) is 17.9 Å². The molecule has 0 fully saturated rings. The molecule has 1 atom stereocenters. The molecule has 3 heterocycles. The van der Waals surface area contributed by atoms with Crippen molar-refractivity contribution in [2.75, 3.05) is 0 Å². The minimum absolute atomic E-state index is 0.0986. The Morgan fingerprint density at radius 3 is 2.78 bits per heavy atom. The van der Waals surface area contributed by atoms with Crippen LogP contribution in [0.2, 0.25) is 0 Å². The number of imidazole rings is 1. The molecule has 2 aromatic heterocycles. The summed E-state index contributed by atoms with van der Waals surface area (Å²) in [6, 6.07) is 9.29. The van der Waals surface area contributed by atoms with E-state index in [1.54, 1.807) is 12.1 Å². The van der Waals surface area contributed by atoms with Crippen LogP contribution in [0.25, 0.3) is 11.2 Å². The first-order valence-electron chi connectivity index (χ1n) is 11.5. The van der Waals surface area contributed by atoms with E-state index in [2.05, 4.69) is 20.2 Å². The molecule has 7 heteroatoms. The summed E-state index contributed by atoms with van der Waals surface area (Å²) >= 11 is 0. The molecule has 1 unspecified atom stereocenters. The monoisotopic (exact) mass is 433 g/mol. The van der Waals surface area contributed by atoms with Crippen LogP contribution in [0.4, 0.5) is 0 Å². The number of aromatic nitrogens is 3. The Morgan fingerprint density at radius 2 is 1.97 bits per heavy atom. The summed E-state index contributed by atoms with van der Waals surface area (Å²) in [7, 11) is 0. The Kier molecular flexibility index (Phi) is 6.53. The van der Waals surface area contributed by atoms with Gasteiger partial charge in [0.2, 0.25) is 0 Å². The van der Waals surface area contributed by atoms with E-state index in [0.717, 1.165) is 55.0 Å². The largest absolute Gasteiger partial charge is 0.350 e. The second-order valence-electron chi connectivity index (χ2n) is 8.64. The van der Waals surface area contributed by atoms with Crippen LogP contribution in [0.5, 0.6) is 0 Å². The summed E-state index contributed by atoms with van der Waals surface area (Å²) in [6.07, 6.45) is 5.21. The molecule has 2 amide bonds. The van der Waals surface area contributed by atoms with E-state index < -0.39 is 0 Å². The van der Waals surface area contributed by atoms with Crippen LogP contribution in [0.3, 0.4) is 0 Å². The van der Waals surface area contributed by atoms with E-state index >= 15 is 0 Å². The van der Waals surface area contributed by atoms with Crippen LogP contribution >= 0.6 is 0 Å². The first-order valence-corrected chi connectivity index (χ1v) is 11.5. The fraction of sp³-hybridized carbons (Fsp3) is 0.440. The lowest BCUT2D eigenvalue weighted by molar-refractivity contribution is 0.0937. The number of carbonyl (C=O) groups is 2. The lowest BCUT2D eigenvalue weighted by Crippen LogP contribution is -2.32. The summed E-state index contributed by atoms with van der Waals surface area (Å²) in [5.74, 6) is 0.742. The van der Waals surface area contributed by atoms with Gasteiger partial charge in [-0.15, -0.1) is 0 Å². The van der Waals surface area contributed by atoms with Gasteiger partial charge in [-0.1, -0.05) is 25.5 Å². The van der Waals surface area contributed by atoms with Gasteiger partial charge in [0.15, 0.2) is 5.65 Å². The second kappa shape index (κ2) is 9.51. The average Bonchev–Trinajstić information content (AvgIpc) is 2.97. The molecule has 0 saturated heterocycles. The van der Waals surface area contributed by atoms with Crippen LogP contribution in [-0.4, -0.2) is 32.4 Å². The number of carbonyl (C=O) groups excluding carboxylic acids is 2. The predicted octanol–water partition coefficient (Wildman–Crippen LogP) is 3.92. The molecule has 3 aromatic rings. The molecule has 32 heavy (non-hydrogen) atoms. The van der Waals surface area contributed by atoms with Gasteiger partial charge in [0.25, 0.3) is 11.8 Å². The standard InChI is InChI=1S/C25H31N5O2/c1-4-16(2)28-24(31)19-10-8-9-18(14-19)15-26-25(32)20-13-17(3)27-23-22(20)29-21-11-6-5-7-12-30(21)23/h8-10,13-14,16H,4-7,11-12,15H2,1-3H3,(H,26,32)(H,28,31). The van der Waals surface area contributed by atoms with Crippen LogP contribution < -0.4 is 10.6 Å². The molecule has 4 rings (SSSR count). The van der Waals surface area contributed by atoms with Crippen LogP contribution in [0.15, 0.2) is 30.3 Å². The minimum atomic E-state index is -0.178. The van der Waals surface area contributed by atoms with Gasteiger partial charge in [0, 0.05) is 36.8 Å². The number of amides is 2. The highest BCUT2D eigenvalue weighted by Crippen LogP contribution is 2.24. The van der Waals surface area contributed by atoms with Crippen molar-refractivity contribution in [3.63, 3.8) is 0 Å². The lowest BCUT2D eigenvalue weighted by atomic mass is 10.1. The van der Waals surface area contributed by atoms with Gasteiger partial charge in [0.1, 0.15) is 11.3 Å². The fourth-order valence-electron chi connectivity index (χ4n) is 4.10. The highest BCUT2D eigenvalue weighted by molar-refractivity contribution is 6.04. The minimum Gasteiger partial charge on any atom is -0.350 e. The third kappa shape index (κ3) is 4.66. The second-order valence-corrected chi connectivity index (χ2v) is 8.64. The smallest absolute Gasteiger partial charge is 0.253 e. The number of hydrogen-bond donors (Lipinski definition) is 2. The number of hydrogen-bond acceptors (Lipinski definition) is 4. The van der Waals surface area contributed by atoms with Crippen molar-refractivity contribution in [3.8, 4) is 0 Å². The Labute approximate surface area is 188 Å². The summed E-state index contributed by atoms with van der Waals surface area (Å²) < 4.78 is 2.17. The van der Waals surface area contributed by atoms with Gasteiger partial charge in [-0.05, 0) is 56.9 Å². The molecule has 0 radical (unpaired) electrons. The van der Waals surface area contributed by atoms with Gasteiger partial charge < -0.3 is 15.2 Å². The Bertz CT molecular complexity index is 1150. The number of rotatable bonds is 6. The molecule has 2 N–H and O–H groups in total. The molecule has 0 spiro atoms. The Morgan fingerprint density at radius 1 is 1.12 bits per heavy atom. The lowest BCUT2D eigenvalue weighted by Gasteiger charge is -2.12. The van der Waals surface area contributed by atoms with Gasteiger partial charge in [-0.2, -0.15) is 0 Å². The van der Waals surface area contributed by atoms with Gasteiger partial charge in [-0.3, -0.25) is 9.59 Å². The SMILES string of the molecule is CCC(C)NC(=O)c1cccc(CNC(=O)c2cc(C)nc3c2nc2n3CCCCC2)c1. The van der Waals surface area contributed by atoms with Crippen molar-refractivity contribution >= 4 is 23.0 Å². The van der Waals surface area contributed by atoms with E-state index in [1.165, 1.54) is 6.42 Å². The first-order chi connectivity index (χ1) is 15.5. The van der Waals surface area contributed by atoms with Gasteiger partial charge in [-0.25, -0.2) is 9.97 Å². The van der Waals surface area contributed by atoms with E-state index in [1.807, 2.05) is 39.0 Å². The molecule has 1 aliphatic rings. The summed E-state index contributed by atoms with van der Waals surface area (Å²) in [6.45, 7) is 7.16. The third-order valence-corrected chi connectivity index (χ3v) is 6.07. The molecule has 0 saturated carbocycles. The Hall–Kier alpha value is -3.22. The quantitative estimate of drug-likeness (QED) is 0.617. The number of benzene rings is 1. The molecular formula is C25H31N5O2. The normalized spacial score (nSPS) is 14.5. The van der Waals surface area contributed by atoms with Crippen molar-refractivity contribution in [2.24, 2.45) is 0 Å². The molecule has 168 valence electrons. The van der Waals surface area contributed by atoms with E-state index in [4.69, 9.17) is 4.98 Å². The molecule has 1 aliphatic heterocycles. The topological polar surface area (TPSA) is 88.9 Å². The van der Waals surface area contributed by atoms with Crippen molar-refractivity contribution in [2.45, 2.75) is 72.0 Å². The van der Waals surface area contributed by atoms with Crippen molar-refractivity contribution in [1.29, 1.82) is 0 Å². The van der Waals surface area contributed by atoms with Crippen molar-refractivity contribution < 1.29 is 9.59 Å². The third-order valence-electron chi connectivity index (χ3n) is 6.07. The number of pyridine rings is 1. The Balaban J connectivity index is 1.53. The maximum atomic E-state index is 13.1. The van der Waals surface area contributed by atoms with Crippen molar-refractivity contribution in [3.05, 3.63) is 58.5 Å². The number of nitrogens with one attached hydrogen (secondary N) is 2. The molecule has 0 bridgehead atoms. The molecule has 1 aromatic carbocycles. The van der Waals surface area contributed by atoms with E-state index in [9.17, 15) is 9.59 Å².